The van der Waals surface area contributed by atoms with Gasteiger partial charge in [0.1, 0.15) is 0 Å². The Bertz CT molecular complexity index is 624. The Morgan fingerprint density at radius 1 is 1.28 bits per heavy atom. The van der Waals surface area contributed by atoms with Crippen LogP contribution in [0, 0.1) is 11.8 Å². The molecule has 0 aliphatic heterocycles. The molecule has 1 atom stereocenters. The lowest BCUT2D eigenvalue weighted by molar-refractivity contribution is 0.0892. The van der Waals surface area contributed by atoms with Gasteiger partial charge in [-0.1, -0.05) is 13.8 Å². The number of aromatic nitrogens is 2. The summed E-state index contributed by atoms with van der Waals surface area (Å²) in [6.07, 6.45) is 0. The molecule has 0 saturated carbocycles. The average molecular weight is 247 g/mol. The zero-order chi connectivity index (χ0) is 13.3. The largest absolute Gasteiger partial charge is 0.330 e. The fourth-order valence-corrected chi connectivity index (χ4v) is 2.08. The van der Waals surface area contributed by atoms with Crippen LogP contribution in [0.15, 0.2) is 23.0 Å². The molecule has 0 aliphatic rings. The highest BCUT2D eigenvalue weighted by atomic mass is 16.1. The molecule has 0 spiro atoms. The van der Waals surface area contributed by atoms with Gasteiger partial charge in [0, 0.05) is 18.0 Å². The van der Waals surface area contributed by atoms with Gasteiger partial charge in [0.05, 0.1) is 11.0 Å². The highest BCUT2D eigenvalue weighted by Crippen LogP contribution is 2.18. The number of benzene rings is 1. The molecular formula is C13H17N3O2. The second-order valence-electron chi connectivity index (χ2n) is 4.79. The van der Waals surface area contributed by atoms with Gasteiger partial charge >= 0.3 is 5.69 Å². The zero-order valence-corrected chi connectivity index (χ0v) is 10.5. The Labute approximate surface area is 104 Å². The van der Waals surface area contributed by atoms with E-state index in [1.807, 2.05) is 13.8 Å². The molecule has 4 N–H and O–H groups in total. The number of carbonyl (C=O) groups excluding carboxylic acids is 1. The fraction of sp³-hybridized carbons (Fsp3) is 0.385. The van der Waals surface area contributed by atoms with Gasteiger partial charge in [-0.2, -0.15) is 0 Å². The van der Waals surface area contributed by atoms with Crippen LogP contribution in [0.2, 0.25) is 0 Å². The van der Waals surface area contributed by atoms with Crippen molar-refractivity contribution in [2.45, 2.75) is 13.8 Å². The van der Waals surface area contributed by atoms with Gasteiger partial charge in [0.25, 0.3) is 0 Å². The molecule has 1 heterocycles. The quantitative estimate of drug-likeness (QED) is 0.710. The van der Waals surface area contributed by atoms with Crippen molar-refractivity contribution >= 4 is 16.8 Å². The molecule has 0 amide bonds. The number of imidazole rings is 1. The molecule has 96 valence electrons. The number of rotatable bonds is 4. The van der Waals surface area contributed by atoms with Crippen molar-refractivity contribution < 1.29 is 4.79 Å². The normalized spacial score (nSPS) is 13.1. The second kappa shape index (κ2) is 4.78. The predicted octanol–water partition coefficient (Wildman–Crippen LogP) is 1.27. The summed E-state index contributed by atoms with van der Waals surface area (Å²) in [5.41, 5.74) is 7.30. The first kappa shape index (κ1) is 12.6. The number of carbonyl (C=O) groups is 1. The van der Waals surface area contributed by atoms with Gasteiger partial charge in [-0.3, -0.25) is 4.79 Å². The molecule has 0 fully saturated rings. The topological polar surface area (TPSA) is 91.7 Å². The molecule has 0 bridgehead atoms. The molecule has 2 rings (SSSR count). The van der Waals surface area contributed by atoms with Crippen LogP contribution in [-0.2, 0) is 0 Å². The van der Waals surface area contributed by atoms with Gasteiger partial charge in [-0.05, 0) is 24.1 Å². The van der Waals surface area contributed by atoms with E-state index in [9.17, 15) is 9.59 Å². The van der Waals surface area contributed by atoms with Gasteiger partial charge in [0.15, 0.2) is 5.78 Å². The summed E-state index contributed by atoms with van der Waals surface area (Å²) in [7, 11) is 0. The minimum atomic E-state index is -0.270. The van der Waals surface area contributed by atoms with Crippen molar-refractivity contribution in [3.05, 3.63) is 34.2 Å². The minimum absolute atomic E-state index is 0.0245. The van der Waals surface area contributed by atoms with E-state index >= 15 is 0 Å². The van der Waals surface area contributed by atoms with Crippen molar-refractivity contribution in [1.82, 2.24) is 9.97 Å². The smallest absolute Gasteiger partial charge is 0.323 e. The fourth-order valence-electron chi connectivity index (χ4n) is 2.08. The number of H-pyrrole nitrogens is 2. The first-order valence-corrected chi connectivity index (χ1v) is 5.99. The highest BCUT2D eigenvalue weighted by Gasteiger charge is 2.22. The molecule has 5 nitrogen and oxygen atoms in total. The molecule has 2 aromatic rings. The molecule has 1 aromatic heterocycles. The molecular weight excluding hydrogens is 230 g/mol. The maximum Gasteiger partial charge on any atom is 0.323 e. The van der Waals surface area contributed by atoms with Gasteiger partial charge in [-0.15, -0.1) is 0 Å². The van der Waals surface area contributed by atoms with Crippen LogP contribution in [0.1, 0.15) is 24.2 Å². The van der Waals surface area contributed by atoms with E-state index in [1.165, 1.54) is 0 Å². The number of Topliss-reactive ketones (excluding diaryl/α,β-unsaturated/α-hetero) is 1. The summed E-state index contributed by atoms with van der Waals surface area (Å²) in [4.78, 5) is 28.7. The number of nitrogens with one attached hydrogen (secondary N) is 2. The number of nitrogens with two attached hydrogens (primary N) is 1. The third-order valence-corrected chi connectivity index (χ3v) is 3.20. The lowest BCUT2D eigenvalue weighted by Crippen LogP contribution is -2.28. The Morgan fingerprint density at radius 2 is 1.94 bits per heavy atom. The standard InChI is InChI=1S/C13H17N3O2/c1-7(2)9(6-14)12(17)8-3-4-10-11(5-8)16-13(18)15-10/h3-5,7,9H,6,14H2,1-2H3,(H2,15,16,18). The van der Waals surface area contributed by atoms with Gasteiger partial charge < -0.3 is 15.7 Å². The number of hydrogen-bond acceptors (Lipinski definition) is 3. The number of hydrogen-bond donors (Lipinski definition) is 3. The van der Waals surface area contributed by atoms with E-state index in [1.54, 1.807) is 18.2 Å². The van der Waals surface area contributed by atoms with E-state index < -0.39 is 0 Å². The zero-order valence-electron chi connectivity index (χ0n) is 10.5. The first-order valence-electron chi connectivity index (χ1n) is 5.99. The van der Waals surface area contributed by atoms with Crippen molar-refractivity contribution in [3.8, 4) is 0 Å². The van der Waals surface area contributed by atoms with E-state index in [0.29, 0.717) is 23.1 Å². The lowest BCUT2D eigenvalue weighted by atomic mass is 9.88. The van der Waals surface area contributed by atoms with Crippen molar-refractivity contribution in [3.63, 3.8) is 0 Å². The second-order valence-corrected chi connectivity index (χ2v) is 4.79. The van der Waals surface area contributed by atoms with Crippen molar-refractivity contribution in [2.24, 2.45) is 17.6 Å². The van der Waals surface area contributed by atoms with Crippen molar-refractivity contribution in [2.75, 3.05) is 6.54 Å². The van der Waals surface area contributed by atoms with Crippen LogP contribution in [0.3, 0.4) is 0 Å². The number of ketones is 1. The lowest BCUT2D eigenvalue weighted by Gasteiger charge is -2.17. The van der Waals surface area contributed by atoms with Crippen LogP contribution >= 0.6 is 0 Å². The monoisotopic (exact) mass is 247 g/mol. The van der Waals surface area contributed by atoms with Crippen LogP contribution in [0.25, 0.3) is 11.0 Å². The Balaban J connectivity index is 2.41. The van der Waals surface area contributed by atoms with E-state index in [4.69, 9.17) is 5.73 Å². The van der Waals surface area contributed by atoms with E-state index in [-0.39, 0.29) is 23.3 Å². The van der Waals surface area contributed by atoms with Crippen LogP contribution in [0.4, 0.5) is 0 Å². The summed E-state index contributed by atoms with van der Waals surface area (Å²) in [5, 5.41) is 0. The van der Waals surface area contributed by atoms with Gasteiger partial charge in [-0.25, -0.2) is 4.79 Å². The first-order chi connectivity index (χ1) is 8.52. The predicted molar refractivity (Wildman–Crippen MR) is 70.6 cm³/mol. The average Bonchev–Trinajstić information content (AvgIpc) is 2.68. The third-order valence-electron chi connectivity index (χ3n) is 3.20. The maximum absolute atomic E-state index is 12.3. The molecule has 1 aromatic carbocycles. The molecule has 1 unspecified atom stereocenters. The van der Waals surface area contributed by atoms with Crippen molar-refractivity contribution in [1.29, 1.82) is 0 Å². The van der Waals surface area contributed by atoms with Crippen LogP contribution in [0.5, 0.6) is 0 Å². The maximum atomic E-state index is 12.3. The summed E-state index contributed by atoms with van der Waals surface area (Å²) in [6.45, 7) is 4.29. The van der Waals surface area contributed by atoms with E-state index in [2.05, 4.69) is 9.97 Å². The summed E-state index contributed by atoms with van der Waals surface area (Å²) in [6, 6.07) is 5.15. The Morgan fingerprint density at radius 3 is 2.56 bits per heavy atom. The summed E-state index contributed by atoms with van der Waals surface area (Å²) < 4.78 is 0. The van der Waals surface area contributed by atoms with E-state index in [0.717, 1.165) is 0 Å². The Hall–Kier alpha value is -1.88. The number of fused-ring (bicyclic) bond motifs is 1. The van der Waals surface area contributed by atoms with Crippen LogP contribution < -0.4 is 11.4 Å². The molecule has 0 aliphatic carbocycles. The molecule has 5 heteroatoms. The Kier molecular flexibility index (Phi) is 3.34. The molecule has 0 radical (unpaired) electrons. The SMILES string of the molecule is CC(C)C(CN)C(=O)c1ccc2[nH]c(=O)[nH]c2c1. The third kappa shape index (κ3) is 2.22. The summed E-state index contributed by atoms with van der Waals surface area (Å²) in [5.74, 6) is 0.0352. The molecule has 0 saturated heterocycles. The highest BCUT2D eigenvalue weighted by molar-refractivity contribution is 6.00. The molecule has 18 heavy (non-hydrogen) atoms. The van der Waals surface area contributed by atoms with Gasteiger partial charge in [0.2, 0.25) is 0 Å². The number of aromatic amines is 2. The minimum Gasteiger partial charge on any atom is -0.330 e. The van der Waals surface area contributed by atoms with Crippen LogP contribution in [-0.4, -0.2) is 22.3 Å². The summed E-state index contributed by atoms with van der Waals surface area (Å²) >= 11 is 0.